The lowest BCUT2D eigenvalue weighted by Crippen LogP contribution is -2.19. The quantitative estimate of drug-likeness (QED) is 0.382. The Morgan fingerprint density at radius 3 is 2.76 bits per heavy atom. The lowest BCUT2D eigenvalue weighted by Gasteiger charge is -2.10. The Morgan fingerprint density at radius 2 is 2.03 bits per heavy atom. The molecule has 0 atom stereocenters. The van der Waals surface area contributed by atoms with Crippen molar-refractivity contribution in [2.24, 2.45) is 4.99 Å². The van der Waals surface area contributed by atoms with Gasteiger partial charge in [-0.25, -0.2) is 9.79 Å². The highest BCUT2D eigenvalue weighted by molar-refractivity contribution is 8.18. The molecule has 2 heterocycles. The van der Waals surface area contributed by atoms with Crippen molar-refractivity contribution in [3.63, 3.8) is 0 Å². The smallest absolute Gasteiger partial charge is 0.371 e. The number of nitrogens with zero attached hydrogens (tertiary/aromatic N) is 1. The first kappa shape index (κ1) is 23.7. The predicted molar refractivity (Wildman–Crippen MR) is 130 cm³/mol. The second kappa shape index (κ2) is 10.3. The van der Waals surface area contributed by atoms with E-state index in [1.807, 2.05) is 0 Å². The van der Waals surface area contributed by atoms with Gasteiger partial charge in [0.15, 0.2) is 16.7 Å². The Morgan fingerprint density at radius 1 is 1.21 bits per heavy atom. The van der Waals surface area contributed by atoms with Crippen LogP contribution in [-0.4, -0.2) is 29.3 Å². The van der Waals surface area contributed by atoms with Crippen LogP contribution in [0.15, 0.2) is 62.8 Å². The lowest BCUT2D eigenvalue weighted by molar-refractivity contribution is -0.115. The minimum absolute atomic E-state index is 0.0220. The van der Waals surface area contributed by atoms with Gasteiger partial charge < -0.3 is 24.3 Å². The number of rotatable bonds is 7. The van der Waals surface area contributed by atoms with E-state index in [0.717, 1.165) is 0 Å². The fourth-order valence-corrected chi connectivity index (χ4v) is 4.11. The zero-order valence-electron chi connectivity index (χ0n) is 17.5. The van der Waals surface area contributed by atoms with E-state index in [-0.39, 0.29) is 18.3 Å². The number of amides is 1. The fraction of sp³-hybridized carbons (Fsp3) is 0.0870. The monoisotopic (exact) mass is 518 g/mol. The molecule has 1 aliphatic rings. The van der Waals surface area contributed by atoms with Crippen molar-refractivity contribution < 1.29 is 28.6 Å². The normalized spacial score (nSPS) is 15.6. The summed E-state index contributed by atoms with van der Waals surface area (Å²) >= 11 is 13.4. The molecule has 0 saturated carbocycles. The summed E-state index contributed by atoms with van der Waals surface area (Å²) in [7, 11) is 1.49. The first-order valence-electron chi connectivity index (χ1n) is 9.70. The molecule has 1 amide bonds. The van der Waals surface area contributed by atoms with Crippen LogP contribution in [0.2, 0.25) is 10.0 Å². The zero-order valence-corrected chi connectivity index (χ0v) is 19.8. The molecule has 0 radical (unpaired) electrons. The fourth-order valence-electron chi connectivity index (χ4n) is 2.93. The number of halogens is 2. The van der Waals surface area contributed by atoms with E-state index in [4.69, 9.17) is 42.2 Å². The number of aliphatic imine (C=N–C) groups is 1. The molecule has 174 valence electrons. The number of benzene rings is 2. The summed E-state index contributed by atoms with van der Waals surface area (Å²) in [5, 5.41) is 12.7. The van der Waals surface area contributed by atoms with Crippen LogP contribution in [0.1, 0.15) is 21.9 Å². The van der Waals surface area contributed by atoms with Gasteiger partial charge in [-0.3, -0.25) is 4.79 Å². The van der Waals surface area contributed by atoms with E-state index in [9.17, 15) is 9.59 Å². The second-order valence-corrected chi connectivity index (χ2v) is 8.64. The van der Waals surface area contributed by atoms with Gasteiger partial charge in [-0.05, 0) is 59.8 Å². The number of methoxy groups -OCH3 is 1. The van der Waals surface area contributed by atoms with Crippen LogP contribution >= 0.6 is 35.0 Å². The molecular formula is C23H16Cl2N2O6S. The molecule has 2 N–H and O–H groups in total. The first-order valence-corrected chi connectivity index (χ1v) is 11.3. The number of thioether (sulfide) groups is 1. The van der Waals surface area contributed by atoms with E-state index in [1.165, 1.54) is 31.0 Å². The number of carbonyl (C=O) groups is 2. The van der Waals surface area contributed by atoms with Crippen molar-refractivity contribution in [2.75, 3.05) is 7.11 Å². The molecular weight excluding hydrogens is 503 g/mol. The average molecular weight is 519 g/mol. The van der Waals surface area contributed by atoms with Crippen molar-refractivity contribution >= 4 is 63.8 Å². The standard InChI is InChI=1S/C23H16Cl2N2O6S/c1-31-18-9-12(5-7-16(18)32-11-13-6-8-17(33-13)22(29)30)10-19-21(28)27-23(34-19)26-15-4-2-3-14(24)20(15)25/h2-10H,11H2,1H3,(H,29,30)(H,26,27,28)/b19-10-. The van der Waals surface area contributed by atoms with Crippen LogP contribution in [0.5, 0.6) is 11.5 Å². The molecule has 0 spiro atoms. The molecule has 2 aromatic carbocycles. The molecule has 1 aliphatic heterocycles. The highest BCUT2D eigenvalue weighted by atomic mass is 35.5. The van der Waals surface area contributed by atoms with Gasteiger partial charge in [0.1, 0.15) is 12.4 Å². The molecule has 0 bridgehead atoms. The van der Waals surface area contributed by atoms with Crippen molar-refractivity contribution in [3.05, 3.63) is 80.6 Å². The number of ether oxygens (including phenoxy) is 2. The third-order valence-corrected chi connectivity index (χ3v) is 6.25. The van der Waals surface area contributed by atoms with E-state index >= 15 is 0 Å². The Labute approximate surface area is 208 Å². The van der Waals surface area contributed by atoms with Gasteiger partial charge in [-0.15, -0.1) is 0 Å². The lowest BCUT2D eigenvalue weighted by atomic mass is 10.2. The molecule has 4 rings (SSSR count). The summed E-state index contributed by atoms with van der Waals surface area (Å²) < 4.78 is 16.3. The Kier molecular flexibility index (Phi) is 7.16. The molecule has 8 nitrogen and oxygen atoms in total. The van der Waals surface area contributed by atoms with Gasteiger partial charge in [-0.2, -0.15) is 0 Å². The summed E-state index contributed by atoms with van der Waals surface area (Å²) in [4.78, 5) is 28.1. The van der Waals surface area contributed by atoms with Crippen molar-refractivity contribution in [2.45, 2.75) is 6.61 Å². The van der Waals surface area contributed by atoms with Crippen LogP contribution in [0.25, 0.3) is 6.08 Å². The molecule has 1 fully saturated rings. The van der Waals surface area contributed by atoms with E-state index < -0.39 is 5.97 Å². The highest BCUT2D eigenvalue weighted by Crippen LogP contribution is 2.35. The van der Waals surface area contributed by atoms with Gasteiger partial charge in [0, 0.05) is 0 Å². The Bertz CT molecular complexity index is 1330. The maximum Gasteiger partial charge on any atom is 0.371 e. The molecule has 1 aromatic heterocycles. The number of carboxylic acids is 1. The number of nitrogens with one attached hydrogen (secondary N) is 1. The minimum atomic E-state index is -1.15. The van der Waals surface area contributed by atoms with Crippen molar-refractivity contribution in [3.8, 4) is 11.5 Å². The molecule has 1 saturated heterocycles. The largest absolute Gasteiger partial charge is 0.493 e. The molecule has 11 heteroatoms. The van der Waals surface area contributed by atoms with E-state index in [2.05, 4.69) is 10.3 Å². The molecule has 0 unspecified atom stereocenters. The highest BCUT2D eigenvalue weighted by Gasteiger charge is 2.24. The summed E-state index contributed by atoms with van der Waals surface area (Å²) in [6.45, 7) is 0.0220. The number of carboxylic acid groups (broad SMARTS) is 1. The van der Waals surface area contributed by atoms with Gasteiger partial charge in [0.2, 0.25) is 5.76 Å². The van der Waals surface area contributed by atoms with E-state index in [0.29, 0.717) is 48.6 Å². The summed E-state index contributed by atoms with van der Waals surface area (Å²) in [5.74, 6) is -0.398. The van der Waals surface area contributed by atoms with Gasteiger partial charge in [-0.1, -0.05) is 35.3 Å². The second-order valence-electron chi connectivity index (χ2n) is 6.82. The number of hydrogen-bond donors (Lipinski definition) is 2. The number of hydrogen-bond acceptors (Lipinski definition) is 7. The first-order chi connectivity index (χ1) is 16.3. The number of amidine groups is 1. The summed E-state index contributed by atoms with van der Waals surface area (Å²) in [5.41, 5.74) is 1.16. The predicted octanol–water partition coefficient (Wildman–Crippen LogP) is 5.76. The summed E-state index contributed by atoms with van der Waals surface area (Å²) in [6.07, 6.45) is 1.69. The van der Waals surface area contributed by atoms with E-state index in [1.54, 1.807) is 42.5 Å². The maximum atomic E-state index is 12.4. The van der Waals surface area contributed by atoms with Gasteiger partial charge in [0.05, 0.1) is 27.7 Å². The SMILES string of the molecule is COc1cc(/C=C2\SC(=Nc3cccc(Cl)c3Cl)NC2=O)ccc1OCc1ccc(C(=O)O)o1. The Hall–Kier alpha value is -3.40. The van der Waals surface area contributed by atoms with Crippen molar-refractivity contribution in [1.29, 1.82) is 0 Å². The van der Waals surface area contributed by atoms with Crippen molar-refractivity contribution in [1.82, 2.24) is 5.32 Å². The third-order valence-electron chi connectivity index (χ3n) is 4.53. The van der Waals surface area contributed by atoms with Crippen LogP contribution in [0, 0.1) is 0 Å². The maximum absolute atomic E-state index is 12.4. The Balaban J connectivity index is 1.49. The van der Waals surface area contributed by atoms with Crippen LogP contribution in [-0.2, 0) is 11.4 Å². The number of carbonyl (C=O) groups excluding carboxylic acids is 1. The molecule has 3 aromatic rings. The van der Waals surface area contributed by atoms with Crippen LogP contribution in [0.4, 0.5) is 5.69 Å². The zero-order chi connectivity index (χ0) is 24.2. The number of aromatic carboxylic acids is 1. The average Bonchev–Trinajstić information content (AvgIpc) is 3.42. The van der Waals surface area contributed by atoms with Crippen LogP contribution < -0.4 is 14.8 Å². The summed E-state index contributed by atoms with van der Waals surface area (Å²) in [6, 6.07) is 13.1. The van der Waals surface area contributed by atoms with Gasteiger partial charge >= 0.3 is 5.97 Å². The number of furan rings is 1. The third kappa shape index (κ3) is 5.39. The molecule has 34 heavy (non-hydrogen) atoms. The topological polar surface area (TPSA) is 110 Å². The van der Waals surface area contributed by atoms with Crippen LogP contribution in [0.3, 0.4) is 0 Å². The minimum Gasteiger partial charge on any atom is -0.493 e. The van der Waals surface area contributed by atoms with Gasteiger partial charge in [0.25, 0.3) is 5.91 Å². The molecule has 0 aliphatic carbocycles.